The molecule has 0 unspecified atom stereocenters. The number of hydrogen-bond donors (Lipinski definition) is 3. The van der Waals surface area contributed by atoms with Crippen LogP contribution in [0.5, 0.6) is 0 Å². The summed E-state index contributed by atoms with van der Waals surface area (Å²) in [5, 5.41) is 4.01. The number of hydrogen-bond acceptors (Lipinski definition) is 6. The third-order valence-corrected chi connectivity index (χ3v) is 4.41. The van der Waals surface area contributed by atoms with Gasteiger partial charge in [-0.1, -0.05) is 23.7 Å². The Morgan fingerprint density at radius 3 is 2.63 bits per heavy atom. The molecule has 0 radical (unpaired) electrons. The highest BCUT2D eigenvalue weighted by Crippen LogP contribution is 2.20. The Bertz CT molecular complexity index is 1180. The molecule has 0 bridgehead atoms. The Labute approximate surface area is 183 Å². The maximum Gasteiger partial charge on any atom is 0.228 e. The van der Waals surface area contributed by atoms with Crippen LogP contribution in [-0.4, -0.2) is 37.9 Å². The number of H-pyrrole nitrogens is 1. The number of halogens is 1. The van der Waals surface area contributed by atoms with E-state index in [0.717, 1.165) is 5.56 Å². The molecular formula is C21H18ClN5O2S. The lowest BCUT2D eigenvalue weighted by atomic mass is 10.1. The summed E-state index contributed by atoms with van der Waals surface area (Å²) in [5.41, 5.74) is 2.66. The predicted octanol–water partition coefficient (Wildman–Crippen LogP) is 3.96. The van der Waals surface area contributed by atoms with Crippen molar-refractivity contribution in [3.05, 3.63) is 83.2 Å². The molecule has 3 heterocycles. The van der Waals surface area contributed by atoms with Gasteiger partial charge in [-0.05, 0) is 30.0 Å². The number of aromatic amines is 1. The second-order valence-electron chi connectivity index (χ2n) is 6.13. The first-order valence-electron chi connectivity index (χ1n) is 8.86. The third kappa shape index (κ3) is 5.03. The molecule has 9 heteroatoms. The molecule has 1 amide bonds. The summed E-state index contributed by atoms with van der Waals surface area (Å²) in [6, 6.07) is 8.64. The van der Waals surface area contributed by atoms with Gasteiger partial charge in [0, 0.05) is 34.6 Å². The molecule has 0 spiro atoms. The number of benzene rings is 1. The summed E-state index contributed by atoms with van der Waals surface area (Å²) in [7, 11) is 0. The summed E-state index contributed by atoms with van der Waals surface area (Å²) in [6.45, 7) is 0. The van der Waals surface area contributed by atoms with Crippen LogP contribution in [-0.2, 0) is 11.2 Å². The molecule has 1 aromatic carbocycles. The average molecular weight is 440 g/mol. The van der Waals surface area contributed by atoms with E-state index in [9.17, 15) is 9.59 Å². The van der Waals surface area contributed by atoms with Gasteiger partial charge in [0.25, 0.3) is 0 Å². The van der Waals surface area contributed by atoms with Crippen molar-refractivity contribution in [2.45, 2.75) is 6.42 Å². The number of thiol groups is 1. The van der Waals surface area contributed by atoms with Gasteiger partial charge in [-0.25, -0.2) is 9.97 Å². The molecule has 7 nitrogen and oxygen atoms in total. The van der Waals surface area contributed by atoms with Gasteiger partial charge in [-0.3, -0.25) is 14.6 Å². The van der Waals surface area contributed by atoms with Gasteiger partial charge in [0.05, 0.1) is 23.9 Å². The molecule has 2 N–H and O–H groups in total. The minimum Gasteiger partial charge on any atom is -0.345 e. The van der Waals surface area contributed by atoms with Gasteiger partial charge in [-0.15, -0.1) is 0 Å². The average Bonchev–Trinajstić information content (AvgIpc) is 3.20. The van der Waals surface area contributed by atoms with Gasteiger partial charge in [-0.2, -0.15) is 12.6 Å². The van der Waals surface area contributed by atoms with E-state index in [1.54, 1.807) is 49.0 Å². The van der Waals surface area contributed by atoms with Crippen LogP contribution >= 0.6 is 24.2 Å². The first-order valence-corrected chi connectivity index (χ1v) is 10.1. The van der Waals surface area contributed by atoms with E-state index in [4.69, 9.17) is 11.6 Å². The summed E-state index contributed by atoms with van der Waals surface area (Å²) < 4.78 is 0. The van der Waals surface area contributed by atoms with Crippen LogP contribution in [0.3, 0.4) is 0 Å². The monoisotopic (exact) mass is 439 g/mol. The second-order valence-corrected chi connectivity index (χ2v) is 6.57. The molecule has 3 aromatic heterocycles. The van der Waals surface area contributed by atoms with Gasteiger partial charge in [0.15, 0.2) is 5.78 Å². The molecule has 0 fully saturated rings. The molecule has 0 aliphatic heterocycles. The molecule has 0 saturated carbocycles. The van der Waals surface area contributed by atoms with Crippen LogP contribution in [0.4, 0.5) is 5.69 Å². The molecule has 0 aliphatic carbocycles. The molecular weight excluding hydrogens is 422 g/mol. The van der Waals surface area contributed by atoms with Crippen LogP contribution in [0.15, 0.2) is 61.4 Å². The van der Waals surface area contributed by atoms with E-state index in [1.807, 2.05) is 0 Å². The normalized spacial score (nSPS) is 10.2. The Hall–Kier alpha value is -3.23. The SMILES string of the molecule is CS.O=C(Cc1ccc(Cl)cc1)Nc1cncc(C(=O)c2c[nH]c3ncncc23)c1. The molecule has 0 aliphatic rings. The van der Waals surface area contributed by atoms with Crippen molar-refractivity contribution in [3.8, 4) is 0 Å². The Morgan fingerprint density at radius 2 is 1.87 bits per heavy atom. The standard InChI is InChI=1S/C20H14ClN5O2.CH4S/c21-14-3-1-12(2-4-14)5-18(27)26-15-6-13(7-22-8-15)19(28)16-10-24-20-17(16)9-23-11-25-20;1-2/h1-4,6-11H,5H2,(H,26,27)(H,23,24,25);2H,1H3. The maximum absolute atomic E-state index is 12.8. The number of carbonyl (C=O) groups is 2. The van der Waals surface area contributed by atoms with Gasteiger partial charge in [0.2, 0.25) is 5.91 Å². The summed E-state index contributed by atoms with van der Waals surface area (Å²) >= 11 is 9.38. The smallest absolute Gasteiger partial charge is 0.228 e. The zero-order valence-electron chi connectivity index (χ0n) is 16.0. The molecule has 0 saturated heterocycles. The summed E-state index contributed by atoms with van der Waals surface area (Å²) in [5.74, 6) is -0.448. The number of rotatable bonds is 5. The second kappa shape index (κ2) is 10.00. The fourth-order valence-electron chi connectivity index (χ4n) is 2.83. The highest BCUT2D eigenvalue weighted by molar-refractivity contribution is 7.79. The van der Waals surface area contributed by atoms with Crippen LogP contribution in [0.25, 0.3) is 11.0 Å². The lowest BCUT2D eigenvalue weighted by molar-refractivity contribution is -0.115. The van der Waals surface area contributed by atoms with Crippen molar-refractivity contribution in [2.75, 3.05) is 11.6 Å². The number of fused-ring (bicyclic) bond motifs is 1. The number of aromatic nitrogens is 4. The molecule has 4 rings (SSSR count). The first kappa shape index (κ1) is 21.5. The van der Waals surface area contributed by atoms with Crippen molar-refractivity contribution >= 4 is 52.6 Å². The Kier molecular flexibility index (Phi) is 7.16. The number of nitrogens with one attached hydrogen (secondary N) is 2. The van der Waals surface area contributed by atoms with Gasteiger partial charge in [0.1, 0.15) is 12.0 Å². The van der Waals surface area contributed by atoms with Crippen LogP contribution in [0, 0.1) is 0 Å². The lowest BCUT2D eigenvalue weighted by Crippen LogP contribution is -2.15. The highest BCUT2D eigenvalue weighted by Gasteiger charge is 2.16. The maximum atomic E-state index is 12.8. The fourth-order valence-corrected chi connectivity index (χ4v) is 2.95. The van der Waals surface area contributed by atoms with E-state index < -0.39 is 0 Å². The quantitative estimate of drug-likeness (QED) is 0.322. The fraction of sp³-hybridized carbons (Fsp3) is 0.0952. The van der Waals surface area contributed by atoms with Crippen molar-refractivity contribution in [1.29, 1.82) is 0 Å². The minimum absolute atomic E-state index is 0.190. The molecule has 0 atom stereocenters. The predicted molar refractivity (Wildman–Crippen MR) is 120 cm³/mol. The number of anilines is 1. The summed E-state index contributed by atoms with van der Waals surface area (Å²) in [4.78, 5) is 40.2. The van der Waals surface area contributed by atoms with Crippen LogP contribution < -0.4 is 5.32 Å². The van der Waals surface area contributed by atoms with Crippen LogP contribution in [0.1, 0.15) is 21.5 Å². The Morgan fingerprint density at radius 1 is 1.10 bits per heavy atom. The molecule has 152 valence electrons. The van der Waals surface area contributed by atoms with E-state index in [2.05, 4.69) is 37.9 Å². The first-order chi connectivity index (χ1) is 14.6. The molecule has 30 heavy (non-hydrogen) atoms. The van der Waals surface area contributed by atoms with E-state index in [1.165, 1.54) is 18.7 Å². The van der Waals surface area contributed by atoms with Crippen LogP contribution in [0.2, 0.25) is 5.02 Å². The van der Waals surface area contributed by atoms with Crippen molar-refractivity contribution in [1.82, 2.24) is 19.9 Å². The van der Waals surface area contributed by atoms with E-state index in [0.29, 0.717) is 32.9 Å². The van der Waals surface area contributed by atoms with Gasteiger partial charge >= 0.3 is 0 Å². The third-order valence-electron chi connectivity index (χ3n) is 4.16. The minimum atomic E-state index is -0.234. The lowest BCUT2D eigenvalue weighted by Gasteiger charge is -2.07. The number of ketones is 1. The van der Waals surface area contributed by atoms with Gasteiger partial charge < -0.3 is 10.3 Å². The largest absolute Gasteiger partial charge is 0.345 e. The molecule has 4 aromatic rings. The number of pyridine rings is 1. The zero-order chi connectivity index (χ0) is 21.5. The zero-order valence-corrected chi connectivity index (χ0v) is 17.6. The van der Waals surface area contributed by atoms with E-state index >= 15 is 0 Å². The van der Waals surface area contributed by atoms with E-state index in [-0.39, 0.29) is 18.1 Å². The number of nitrogens with zero attached hydrogens (tertiary/aromatic N) is 3. The number of carbonyl (C=O) groups excluding carboxylic acids is 2. The van der Waals surface area contributed by atoms with Crippen molar-refractivity contribution in [3.63, 3.8) is 0 Å². The number of amides is 1. The highest BCUT2D eigenvalue weighted by atomic mass is 35.5. The van der Waals surface area contributed by atoms with Crippen molar-refractivity contribution < 1.29 is 9.59 Å². The summed E-state index contributed by atoms with van der Waals surface area (Å²) in [6.07, 6.45) is 9.42. The Balaban J connectivity index is 0.00000124. The van der Waals surface area contributed by atoms with Crippen molar-refractivity contribution in [2.24, 2.45) is 0 Å². The topological polar surface area (TPSA) is 101 Å².